The second-order valence-corrected chi connectivity index (χ2v) is 6.13. The predicted molar refractivity (Wildman–Crippen MR) is 102 cm³/mol. The van der Waals surface area contributed by atoms with E-state index in [1.165, 1.54) is 0 Å². The fourth-order valence-electron chi connectivity index (χ4n) is 3.37. The molecule has 0 radical (unpaired) electrons. The van der Waals surface area contributed by atoms with Crippen molar-refractivity contribution < 1.29 is 4.79 Å². The first-order valence-corrected chi connectivity index (χ1v) is 8.15. The van der Waals surface area contributed by atoms with Crippen molar-refractivity contribution in [3.05, 3.63) is 30.1 Å². The number of benzene rings is 1. The molecule has 0 spiro atoms. The first-order valence-electron chi connectivity index (χ1n) is 8.15. The van der Waals surface area contributed by atoms with E-state index in [9.17, 15) is 4.79 Å². The van der Waals surface area contributed by atoms with Gasteiger partial charge < -0.3 is 15.6 Å². The number of rotatable bonds is 5. The van der Waals surface area contributed by atoms with E-state index in [-0.39, 0.29) is 30.7 Å². The Kier molecular flexibility index (Phi) is 7.52. The molecule has 0 bridgehead atoms. The summed E-state index contributed by atoms with van der Waals surface area (Å²) in [6, 6.07) is 8.14. The predicted octanol–water partition coefficient (Wildman–Crippen LogP) is 2.83. The first kappa shape index (κ1) is 20.7. The summed E-state index contributed by atoms with van der Waals surface area (Å²) < 4.78 is 2.20. The maximum Gasteiger partial charge on any atom is 0.240 e. The minimum atomic E-state index is -0.648. The molecule has 1 aliphatic carbocycles. The molecule has 3 N–H and O–H groups in total. The maximum atomic E-state index is 12.2. The number of nitrogens with one attached hydrogen (secondary N) is 1. The van der Waals surface area contributed by atoms with Crippen LogP contribution in [0.3, 0.4) is 0 Å². The van der Waals surface area contributed by atoms with Gasteiger partial charge in [-0.2, -0.15) is 0 Å². The molecule has 0 atom stereocenters. The lowest BCUT2D eigenvalue weighted by Crippen LogP contribution is -2.52. The van der Waals surface area contributed by atoms with Gasteiger partial charge in [-0.25, -0.2) is 4.98 Å². The van der Waals surface area contributed by atoms with E-state index in [1.807, 2.05) is 18.2 Å². The normalized spacial score (nSPS) is 15.6. The zero-order valence-corrected chi connectivity index (χ0v) is 15.6. The zero-order chi connectivity index (χ0) is 15.6. The number of hydrogen-bond acceptors (Lipinski definition) is 3. The number of nitrogens with zero attached hydrogens (tertiary/aromatic N) is 2. The molecular formula is C17H26Cl2N4O. The van der Waals surface area contributed by atoms with Crippen LogP contribution in [0.4, 0.5) is 0 Å². The van der Waals surface area contributed by atoms with Gasteiger partial charge in [-0.3, -0.25) is 4.79 Å². The topological polar surface area (TPSA) is 72.9 Å². The molecule has 0 unspecified atom stereocenters. The molecule has 1 fully saturated rings. The second kappa shape index (κ2) is 8.70. The SMILES string of the molecule is CCn1c(CCNC(=O)C2(N)CCCC2)nc2ccccc21.Cl.Cl. The van der Waals surface area contributed by atoms with Crippen LogP contribution in [0.15, 0.2) is 24.3 Å². The van der Waals surface area contributed by atoms with Crippen molar-refractivity contribution in [2.75, 3.05) is 6.54 Å². The number of fused-ring (bicyclic) bond motifs is 1. The summed E-state index contributed by atoms with van der Waals surface area (Å²) in [7, 11) is 0. The molecule has 1 saturated carbocycles. The lowest BCUT2D eigenvalue weighted by molar-refractivity contribution is -0.126. The highest BCUT2D eigenvalue weighted by Gasteiger charge is 2.36. The highest BCUT2D eigenvalue weighted by atomic mass is 35.5. The Bertz CT molecular complexity index is 680. The summed E-state index contributed by atoms with van der Waals surface area (Å²) in [5.41, 5.74) is 7.68. The minimum absolute atomic E-state index is 0. The molecular weight excluding hydrogens is 347 g/mol. The number of carbonyl (C=O) groups excluding carboxylic acids is 1. The van der Waals surface area contributed by atoms with Crippen LogP contribution in [0.2, 0.25) is 0 Å². The van der Waals surface area contributed by atoms with Crippen molar-refractivity contribution in [2.45, 2.75) is 51.1 Å². The largest absolute Gasteiger partial charge is 0.354 e. The summed E-state index contributed by atoms with van der Waals surface area (Å²) in [4.78, 5) is 16.9. The molecule has 7 heteroatoms. The average molecular weight is 373 g/mol. The van der Waals surface area contributed by atoms with E-state index in [1.54, 1.807) is 0 Å². The Morgan fingerprint density at radius 2 is 1.96 bits per heavy atom. The molecule has 0 saturated heterocycles. The average Bonchev–Trinajstić information content (AvgIpc) is 3.11. The van der Waals surface area contributed by atoms with Gasteiger partial charge in [0.15, 0.2) is 0 Å². The lowest BCUT2D eigenvalue weighted by Gasteiger charge is -2.22. The van der Waals surface area contributed by atoms with Gasteiger partial charge in [0.05, 0.1) is 16.6 Å². The van der Waals surface area contributed by atoms with Gasteiger partial charge in [0.25, 0.3) is 0 Å². The van der Waals surface area contributed by atoms with Crippen molar-refractivity contribution >= 4 is 41.8 Å². The number of imidazole rings is 1. The Hall–Kier alpha value is -1.30. The third-order valence-electron chi connectivity index (χ3n) is 4.63. The van der Waals surface area contributed by atoms with Crippen LogP contribution in [0.1, 0.15) is 38.4 Å². The molecule has 1 aliphatic rings. The second-order valence-electron chi connectivity index (χ2n) is 6.13. The molecule has 1 amide bonds. The Labute approximate surface area is 155 Å². The Balaban J connectivity index is 0.00000144. The van der Waals surface area contributed by atoms with Crippen molar-refractivity contribution in [3.8, 4) is 0 Å². The molecule has 1 aromatic heterocycles. The molecule has 134 valence electrons. The van der Waals surface area contributed by atoms with Gasteiger partial charge in [-0.1, -0.05) is 25.0 Å². The van der Waals surface area contributed by atoms with Crippen molar-refractivity contribution in [1.82, 2.24) is 14.9 Å². The smallest absolute Gasteiger partial charge is 0.240 e. The molecule has 2 aromatic rings. The van der Waals surface area contributed by atoms with Crippen molar-refractivity contribution in [1.29, 1.82) is 0 Å². The maximum absolute atomic E-state index is 12.2. The van der Waals surface area contributed by atoms with E-state index < -0.39 is 5.54 Å². The van der Waals surface area contributed by atoms with E-state index in [2.05, 4.69) is 27.9 Å². The molecule has 0 aliphatic heterocycles. The number of amides is 1. The quantitative estimate of drug-likeness (QED) is 0.847. The molecule has 24 heavy (non-hydrogen) atoms. The molecule has 5 nitrogen and oxygen atoms in total. The van der Waals surface area contributed by atoms with Gasteiger partial charge in [-0.15, -0.1) is 24.8 Å². The Morgan fingerprint density at radius 3 is 2.62 bits per heavy atom. The number of halogens is 2. The summed E-state index contributed by atoms with van der Waals surface area (Å²) in [5, 5.41) is 2.99. The third-order valence-corrected chi connectivity index (χ3v) is 4.63. The first-order chi connectivity index (χ1) is 10.6. The highest BCUT2D eigenvalue weighted by molar-refractivity contribution is 5.86. The number of aryl methyl sites for hydroxylation is 1. The van der Waals surface area contributed by atoms with Gasteiger partial charge in [-0.05, 0) is 31.9 Å². The molecule has 1 aromatic carbocycles. The monoisotopic (exact) mass is 372 g/mol. The van der Waals surface area contributed by atoms with E-state index >= 15 is 0 Å². The van der Waals surface area contributed by atoms with Crippen LogP contribution in [-0.4, -0.2) is 27.5 Å². The van der Waals surface area contributed by atoms with E-state index in [0.717, 1.165) is 55.5 Å². The van der Waals surface area contributed by atoms with Gasteiger partial charge >= 0.3 is 0 Å². The van der Waals surface area contributed by atoms with Crippen LogP contribution in [-0.2, 0) is 17.8 Å². The standard InChI is InChI=1S/C17H24N4O.2ClH/c1-2-21-14-8-4-3-7-13(14)20-15(21)9-12-19-16(22)17(18)10-5-6-11-17;;/h3-4,7-8H,2,5-6,9-12,18H2,1H3,(H,19,22);2*1H. The third kappa shape index (κ3) is 4.02. The fraction of sp³-hybridized carbons (Fsp3) is 0.529. The fourth-order valence-corrected chi connectivity index (χ4v) is 3.37. The van der Waals surface area contributed by atoms with Crippen LogP contribution < -0.4 is 11.1 Å². The van der Waals surface area contributed by atoms with Crippen molar-refractivity contribution in [2.24, 2.45) is 5.73 Å². The van der Waals surface area contributed by atoms with E-state index in [4.69, 9.17) is 5.73 Å². The summed E-state index contributed by atoms with van der Waals surface area (Å²) in [6.45, 7) is 3.58. The van der Waals surface area contributed by atoms with Crippen molar-refractivity contribution in [3.63, 3.8) is 0 Å². The zero-order valence-electron chi connectivity index (χ0n) is 14.0. The van der Waals surface area contributed by atoms with Gasteiger partial charge in [0, 0.05) is 19.5 Å². The summed E-state index contributed by atoms with van der Waals surface area (Å²) >= 11 is 0. The van der Waals surface area contributed by atoms with Gasteiger partial charge in [0.2, 0.25) is 5.91 Å². The summed E-state index contributed by atoms with van der Waals surface area (Å²) in [5.74, 6) is 1.01. The molecule has 3 rings (SSSR count). The van der Waals surface area contributed by atoms with Crippen LogP contribution in [0.25, 0.3) is 11.0 Å². The lowest BCUT2D eigenvalue weighted by atomic mass is 9.98. The van der Waals surface area contributed by atoms with Crippen LogP contribution >= 0.6 is 24.8 Å². The van der Waals surface area contributed by atoms with E-state index in [0.29, 0.717) is 6.54 Å². The van der Waals surface area contributed by atoms with Crippen LogP contribution in [0, 0.1) is 0 Å². The van der Waals surface area contributed by atoms with Crippen LogP contribution in [0.5, 0.6) is 0 Å². The van der Waals surface area contributed by atoms with Gasteiger partial charge in [0.1, 0.15) is 5.82 Å². The minimum Gasteiger partial charge on any atom is -0.354 e. The number of hydrogen-bond donors (Lipinski definition) is 2. The number of nitrogens with two attached hydrogens (primary N) is 1. The molecule has 1 heterocycles. The number of aromatic nitrogens is 2. The summed E-state index contributed by atoms with van der Waals surface area (Å²) in [6.07, 6.45) is 4.42. The number of carbonyl (C=O) groups is 1. The highest BCUT2D eigenvalue weighted by Crippen LogP contribution is 2.27. The number of para-hydroxylation sites is 2. The Morgan fingerprint density at radius 1 is 1.29 bits per heavy atom.